The first kappa shape index (κ1) is 15.7. The summed E-state index contributed by atoms with van der Waals surface area (Å²) in [6.07, 6.45) is 0.928. The molecule has 4 nitrogen and oxygen atoms in total. The van der Waals surface area contributed by atoms with E-state index in [1.807, 2.05) is 6.92 Å². The zero-order valence-corrected chi connectivity index (χ0v) is 12.0. The van der Waals surface area contributed by atoms with Crippen LogP contribution in [-0.4, -0.2) is 38.8 Å². The molecule has 0 saturated heterocycles. The van der Waals surface area contributed by atoms with Gasteiger partial charge in [0.05, 0.1) is 12.6 Å². The Bertz CT molecular complexity index is 393. The summed E-state index contributed by atoms with van der Waals surface area (Å²) in [5.41, 5.74) is 2.56. The minimum atomic E-state index is -0.179. The van der Waals surface area contributed by atoms with Gasteiger partial charge in [-0.2, -0.15) is 0 Å². The molecule has 1 aromatic carbocycles. The fourth-order valence-corrected chi connectivity index (χ4v) is 1.82. The first-order valence-corrected chi connectivity index (χ1v) is 6.69. The van der Waals surface area contributed by atoms with Crippen LogP contribution >= 0.6 is 0 Å². The predicted molar refractivity (Wildman–Crippen MR) is 77.2 cm³/mol. The fourth-order valence-electron chi connectivity index (χ4n) is 1.82. The molecule has 1 aromatic rings. The van der Waals surface area contributed by atoms with Gasteiger partial charge in [0.2, 0.25) is 5.91 Å². The lowest BCUT2D eigenvalue weighted by molar-refractivity contribution is -0.122. The monoisotopic (exact) mass is 264 g/mol. The van der Waals surface area contributed by atoms with E-state index in [1.54, 1.807) is 7.11 Å². The Balaban J connectivity index is 2.23. The number of nitrogens with one attached hydrogen (secondary N) is 2. The van der Waals surface area contributed by atoms with Crippen molar-refractivity contribution in [3.05, 3.63) is 35.4 Å². The van der Waals surface area contributed by atoms with Crippen molar-refractivity contribution in [2.24, 2.45) is 0 Å². The van der Waals surface area contributed by atoms with Gasteiger partial charge in [-0.05, 0) is 32.4 Å². The highest BCUT2D eigenvalue weighted by Gasteiger charge is 2.10. The maximum atomic E-state index is 11.7. The molecule has 0 fully saturated rings. The van der Waals surface area contributed by atoms with Crippen molar-refractivity contribution in [1.29, 1.82) is 0 Å². The quantitative estimate of drug-likeness (QED) is 0.695. The number of rotatable bonds is 8. The van der Waals surface area contributed by atoms with Gasteiger partial charge in [0.15, 0.2) is 0 Å². The molecule has 2 N–H and O–H groups in total. The van der Waals surface area contributed by atoms with Crippen molar-refractivity contribution in [2.75, 3.05) is 26.8 Å². The van der Waals surface area contributed by atoms with E-state index < -0.39 is 0 Å². The molecule has 0 heterocycles. The van der Waals surface area contributed by atoms with Crippen LogP contribution in [0.2, 0.25) is 0 Å². The second kappa shape index (κ2) is 8.67. The lowest BCUT2D eigenvalue weighted by Crippen LogP contribution is -2.43. The Morgan fingerprint density at radius 2 is 2.16 bits per heavy atom. The highest BCUT2D eigenvalue weighted by molar-refractivity contribution is 5.81. The molecule has 0 aliphatic rings. The molecule has 4 heteroatoms. The van der Waals surface area contributed by atoms with Gasteiger partial charge >= 0.3 is 0 Å². The second-order valence-electron chi connectivity index (χ2n) is 4.70. The minimum absolute atomic E-state index is 0.0151. The highest BCUT2D eigenvalue weighted by atomic mass is 16.5. The molecule has 106 valence electrons. The summed E-state index contributed by atoms with van der Waals surface area (Å²) in [5, 5.41) is 6.04. The zero-order valence-electron chi connectivity index (χ0n) is 12.0. The maximum Gasteiger partial charge on any atom is 0.236 e. The number of benzene rings is 1. The molecular formula is C15H24N2O2. The molecule has 1 atom stereocenters. The topological polar surface area (TPSA) is 50.4 Å². The molecule has 0 spiro atoms. The summed E-state index contributed by atoms with van der Waals surface area (Å²) in [6.45, 7) is 5.85. The van der Waals surface area contributed by atoms with Gasteiger partial charge in [0.25, 0.3) is 0 Å². The van der Waals surface area contributed by atoms with Crippen molar-refractivity contribution >= 4 is 5.91 Å². The summed E-state index contributed by atoms with van der Waals surface area (Å²) >= 11 is 0. The molecule has 0 radical (unpaired) electrons. The maximum absolute atomic E-state index is 11.7. The van der Waals surface area contributed by atoms with Crippen LogP contribution in [0.15, 0.2) is 24.3 Å². The third-order valence-corrected chi connectivity index (χ3v) is 2.95. The van der Waals surface area contributed by atoms with Crippen molar-refractivity contribution in [1.82, 2.24) is 10.6 Å². The third kappa shape index (κ3) is 6.36. The number of ether oxygens (including phenoxy) is 1. The van der Waals surface area contributed by atoms with Crippen LogP contribution in [0.1, 0.15) is 18.1 Å². The standard InChI is InChI=1S/C15H24N2O2/c1-12-5-4-6-14(11-12)7-8-16-13(2)15(18)17-9-10-19-3/h4-6,11,13,16H,7-10H2,1-3H3,(H,17,18). The van der Waals surface area contributed by atoms with E-state index in [9.17, 15) is 4.79 Å². The van der Waals surface area contributed by atoms with Crippen molar-refractivity contribution in [3.63, 3.8) is 0 Å². The molecule has 0 saturated carbocycles. The summed E-state index contributed by atoms with van der Waals surface area (Å²) in [6, 6.07) is 8.25. The molecule has 19 heavy (non-hydrogen) atoms. The van der Waals surface area contributed by atoms with Gasteiger partial charge < -0.3 is 15.4 Å². The Morgan fingerprint density at radius 1 is 1.37 bits per heavy atom. The normalized spacial score (nSPS) is 12.2. The Morgan fingerprint density at radius 3 is 2.84 bits per heavy atom. The minimum Gasteiger partial charge on any atom is -0.383 e. The first-order valence-electron chi connectivity index (χ1n) is 6.69. The van der Waals surface area contributed by atoms with E-state index in [-0.39, 0.29) is 11.9 Å². The highest BCUT2D eigenvalue weighted by Crippen LogP contribution is 2.03. The predicted octanol–water partition coefficient (Wildman–Crippen LogP) is 1.28. The molecule has 0 aliphatic carbocycles. The van der Waals surface area contributed by atoms with Crippen molar-refractivity contribution in [2.45, 2.75) is 26.3 Å². The average molecular weight is 264 g/mol. The molecule has 1 rings (SSSR count). The molecule has 1 unspecified atom stereocenters. The number of hydrogen-bond acceptors (Lipinski definition) is 3. The summed E-state index contributed by atoms with van der Waals surface area (Å²) in [4.78, 5) is 11.7. The summed E-state index contributed by atoms with van der Waals surface area (Å²) in [7, 11) is 1.62. The first-order chi connectivity index (χ1) is 9.13. The van der Waals surface area contributed by atoms with Gasteiger partial charge in [-0.15, -0.1) is 0 Å². The lowest BCUT2D eigenvalue weighted by atomic mass is 10.1. The van der Waals surface area contributed by atoms with Crippen LogP contribution < -0.4 is 10.6 Å². The Hall–Kier alpha value is -1.39. The summed E-state index contributed by atoms with van der Waals surface area (Å²) < 4.78 is 4.89. The van der Waals surface area contributed by atoms with Crippen molar-refractivity contribution in [3.8, 4) is 0 Å². The van der Waals surface area contributed by atoms with Crippen LogP contribution in [0.5, 0.6) is 0 Å². The number of aryl methyl sites for hydroxylation is 1. The van der Waals surface area contributed by atoms with E-state index in [0.717, 1.165) is 13.0 Å². The second-order valence-corrected chi connectivity index (χ2v) is 4.70. The number of methoxy groups -OCH3 is 1. The van der Waals surface area contributed by atoms with Crippen LogP contribution in [0.3, 0.4) is 0 Å². The fraction of sp³-hybridized carbons (Fsp3) is 0.533. The number of amides is 1. The van der Waals surface area contributed by atoms with Crippen LogP contribution in [0.25, 0.3) is 0 Å². The van der Waals surface area contributed by atoms with Crippen LogP contribution in [0.4, 0.5) is 0 Å². The number of carbonyl (C=O) groups excluding carboxylic acids is 1. The smallest absolute Gasteiger partial charge is 0.236 e. The van der Waals surface area contributed by atoms with Crippen LogP contribution in [-0.2, 0) is 16.0 Å². The van der Waals surface area contributed by atoms with Gasteiger partial charge in [-0.25, -0.2) is 0 Å². The van der Waals surface area contributed by atoms with Crippen molar-refractivity contribution < 1.29 is 9.53 Å². The van der Waals surface area contributed by atoms with E-state index in [4.69, 9.17) is 4.74 Å². The Labute approximate surface area is 115 Å². The molecular weight excluding hydrogens is 240 g/mol. The van der Waals surface area contributed by atoms with E-state index in [1.165, 1.54) is 11.1 Å². The van der Waals surface area contributed by atoms with E-state index in [0.29, 0.717) is 13.2 Å². The van der Waals surface area contributed by atoms with Gasteiger partial charge in [0.1, 0.15) is 0 Å². The molecule has 1 amide bonds. The van der Waals surface area contributed by atoms with E-state index >= 15 is 0 Å². The molecule has 0 aliphatic heterocycles. The SMILES string of the molecule is COCCNC(=O)C(C)NCCc1cccc(C)c1. The molecule has 0 aromatic heterocycles. The Kier molecular flexibility index (Phi) is 7.15. The number of hydrogen-bond donors (Lipinski definition) is 2. The number of carbonyl (C=O) groups is 1. The van der Waals surface area contributed by atoms with Crippen LogP contribution in [0, 0.1) is 6.92 Å². The zero-order chi connectivity index (χ0) is 14.1. The largest absolute Gasteiger partial charge is 0.383 e. The van der Waals surface area contributed by atoms with Gasteiger partial charge in [-0.1, -0.05) is 29.8 Å². The van der Waals surface area contributed by atoms with Gasteiger partial charge in [0, 0.05) is 13.7 Å². The average Bonchev–Trinajstić information content (AvgIpc) is 2.39. The van der Waals surface area contributed by atoms with E-state index in [2.05, 4.69) is 41.8 Å². The third-order valence-electron chi connectivity index (χ3n) is 2.95. The molecule has 0 bridgehead atoms. The van der Waals surface area contributed by atoms with Gasteiger partial charge in [-0.3, -0.25) is 4.79 Å². The lowest BCUT2D eigenvalue weighted by Gasteiger charge is -2.14. The summed E-state index contributed by atoms with van der Waals surface area (Å²) in [5.74, 6) is 0.0151.